The predicted octanol–water partition coefficient (Wildman–Crippen LogP) is 2.96. The molecule has 0 aliphatic carbocycles. The Morgan fingerprint density at radius 2 is 1.62 bits per heavy atom. The fraction of sp³-hybridized carbons (Fsp3) is 0.222. The van der Waals surface area contributed by atoms with Gasteiger partial charge in [-0.05, 0) is 35.4 Å². The normalized spacial score (nSPS) is 11.7. The van der Waals surface area contributed by atoms with Crippen LogP contribution in [0.2, 0.25) is 0 Å². The molecule has 0 aliphatic rings. The van der Waals surface area contributed by atoms with Gasteiger partial charge in [-0.25, -0.2) is 13.7 Å². The highest BCUT2D eigenvalue weighted by Gasteiger charge is 2.10. The van der Waals surface area contributed by atoms with Crippen molar-refractivity contribution in [2.45, 2.75) is 6.54 Å². The van der Waals surface area contributed by atoms with Gasteiger partial charge in [0.15, 0.2) is 0 Å². The van der Waals surface area contributed by atoms with Gasteiger partial charge in [0.05, 0.1) is 44.4 Å². The molecule has 0 bridgehead atoms. The van der Waals surface area contributed by atoms with Gasteiger partial charge in [-0.2, -0.15) is 0 Å². The third-order valence-electron chi connectivity index (χ3n) is 3.77. The SMILES string of the molecule is Cn1cc[n+](C)c1N=Nc1ccc(N=Nc2cccc[n+]2CCO)cc1. The first-order valence-electron chi connectivity index (χ1n) is 8.21. The molecule has 8 heteroatoms. The molecule has 2 heterocycles. The number of imidazole rings is 1. The number of pyridine rings is 1. The Labute approximate surface area is 151 Å². The van der Waals surface area contributed by atoms with Crippen LogP contribution >= 0.6 is 0 Å². The highest BCUT2D eigenvalue weighted by atomic mass is 16.3. The van der Waals surface area contributed by atoms with Crippen LogP contribution in [0.5, 0.6) is 0 Å². The molecule has 0 fully saturated rings. The van der Waals surface area contributed by atoms with Crippen molar-refractivity contribution in [2.75, 3.05) is 6.61 Å². The Morgan fingerprint density at radius 1 is 0.923 bits per heavy atom. The molecule has 3 rings (SSSR count). The summed E-state index contributed by atoms with van der Waals surface area (Å²) in [6.45, 7) is 0.529. The summed E-state index contributed by atoms with van der Waals surface area (Å²) in [7, 11) is 3.84. The molecule has 0 aliphatic heterocycles. The third-order valence-corrected chi connectivity index (χ3v) is 3.77. The molecule has 0 radical (unpaired) electrons. The molecule has 1 aromatic carbocycles. The number of aryl methyl sites for hydroxylation is 2. The van der Waals surface area contributed by atoms with Crippen molar-refractivity contribution in [3.63, 3.8) is 0 Å². The summed E-state index contributed by atoms with van der Waals surface area (Å²) in [5.41, 5.74) is 1.45. The lowest BCUT2D eigenvalue weighted by Crippen LogP contribution is -2.35. The van der Waals surface area contributed by atoms with Crippen LogP contribution in [0, 0.1) is 0 Å². The van der Waals surface area contributed by atoms with Crippen molar-refractivity contribution in [3.05, 3.63) is 61.1 Å². The van der Waals surface area contributed by atoms with Crippen LogP contribution in [0.1, 0.15) is 0 Å². The first-order chi connectivity index (χ1) is 12.7. The van der Waals surface area contributed by atoms with Gasteiger partial charge in [-0.1, -0.05) is 11.2 Å². The van der Waals surface area contributed by atoms with Gasteiger partial charge in [0.2, 0.25) is 0 Å². The van der Waals surface area contributed by atoms with E-state index < -0.39 is 0 Å². The Kier molecular flexibility index (Phi) is 5.55. The van der Waals surface area contributed by atoms with Crippen LogP contribution < -0.4 is 9.13 Å². The highest BCUT2D eigenvalue weighted by molar-refractivity contribution is 5.47. The van der Waals surface area contributed by atoms with Crippen LogP contribution in [0.25, 0.3) is 0 Å². The third kappa shape index (κ3) is 4.22. The van der Waals surface area contributed by atoms with Gasteiger partial charge in [-0.15, -0.1) is 0 Å². The molecule has 0 spiro atoms. The molecule has 0 atom stereocenters. The van der Waals surface area contributed by atoms with Crippen LogP contribution in [0.15, 0.2) is 81.5 Å². The summed E-state index contributed by atoms with van der Waals surface area (Å²) in [5.74, 6) is 1.44. The second kappa shape index (κ2) is 8.21. The largest absolute Gasteiger partial charge is 0.421 e. The Balaban J connectivity index is 1.72. The maximum atomic E-state index is 9.10. The molecule has 8 nitrogen and oxygen atoms in total. The number of rotatable bonds is 6. The topological polar surface area (TPSA) is 82.4 Å². The average Bonchev–Trinajstić information content (AvgIpc) is 2.98. The lowest BCUT2D eigenvalue weighted by molar-refractivity contribution is -0.685. The molecule has 3 aromatic rings. The predicted molar refractivity (Wildman–Crippen MR) is 95.1 cm³/mol. The van der Waals surface area contributed by atoms with Crippen LogP contribution in [-0.4, -0.2) is 16.3 Å². The van der Waals surface area contributed by atoms with E-state index in [1.165, 1.54) is 0 Å². The minimum atomic E-state index is 0.0514. The lowest BCUT2D eigenvalue weighted by Gasteiger charge is -1.97. The van der Waals surface area contributed by atoms with E-state index in [4.69, 9.17) is 5.11 Å². The lowest BCUT2D eigenvalue weighted by atomic mass is 10.3. The van der Waals surface area contributed by atoms with Gasteiger partial charge in [0, 0.05) is 11.2 Å². The second-order valence-electron chi connectivity index (χ2n) is 5.71. The zero-order valence-corrected chi connectivity index (χ0v) is 14.8. The molecular weight excluding hydrogens is 330 g/mol. The quantitative estimate of drug-likeness (QED) is 0.537. The summed E-state index contributed by atoms with van der Waals surface area (Å²) >= 11 is 0. The minimum absolute atomic E-state index is 0.0514. The molecule has 132 valence electrons. The summed E-state index contributed by atoms with van der Waals surface area (Å²) in [4.78, 5) is 0. The zero-order valence-electron chi connectivity index (χ0n) is 14.8. The number of azo groups is 2. The number of hydrogen-bond acceptors (Lipinski definition) is 5. The zero-order chi connectivity index (χ0) is 18.4. The summed E-state index contributed by atoms with van der Waals surface area (Å²) in [6, 6.07) is 13.0. The second-order valence-corrected chi connectivity index (χ2v) is 5.71. The first-order valence-corrected chi connectivity index (χ1v) is 8.21. The molecule has 1 N–H and O–H groups in total. The van der Waals surface area contributed by atoms with E-state index in [0.717, 1.165) is 11.6 Å². The van der Waals surface area contributed by atoms with Crippen molar-refractivity contribution in [1.82, 2.24) is 4.57 Å². The smallest absolute Gasteiger partial charge is 0.392 e. The number of aliphatic hydroxyl groups is 1. The van der Waals surface area contributed by atoms with E-state index in [1.54, 1.807) is 0 Å². The minimum Gasteiger partial charge on any atom is -0.392 e. The van der Waals surface area contributed by atoms with E-state index in [2.05, 4.69) is 20.5 Å². The van der Waals surface area contributed by atoms with E-state index >= 15 is 0 Å². The van der Waals surface area contributed by atoms with Gasteiger partial charge < -0.3 is 5.11 Å². The van der Waals surface area contributed by atoms with Crippen LogP contribution in [0.4, 0.5) is 23.1 Å². The van der Waals surface area contributed by atoms with Crippen molar-refractivity contribution in [2.24, 2.45) is 34.6 Å². The summed E-state index contributed by atoms with van der Waals surface area (Å²) in [6.07, 6.45) is 5.70. The van der Waals surface area contributed by atoms with E-state index in [0.29, 0.717) is 18.1 Å². The number of benzene rings is 1. The van der Waals surface area contributed by atoms with E-state index in [9.17, 15) is 0 Å². The molecule has 0 unspecified atom stereocenters. The highest BCUT2D eigenvalue weighted by Crippen LogP contribution is 2.21. The summed E-state index contributed by atoms with van der Waals surface area (Å²) < 4.78 is 5.63. The van der Waals surface area contributed by atoms with Crippen molar-refractivity contribution < 1.29 is 14.2 Å². The molecule has 26 heavy (non-hydrogen) atoms. The molecular formula is C18H21N7O+2. The summed E-state index contributed by atoms with van der Waals surface area (Å²) in [5, 5.41) is 26.1. The monoisotopic (exact) mass is 351 g/mol. The van der Waals surface area contributed by atoms with Crippen LogP contribution in [0.3, 0.4) is 0 Å². The maximum Gasteiger partial charge on any atom is 0.421 e. The number of hydrogen-bond donors (Lipinski definition) is 1. The number of nitrogens with zero attached hydrogens (tertiary/aromatic N) is 7. The first kappa shape index (κ1) is 17.6. The molecule has 2 aromatic heterocycles. The van der Waals surface area contributed by atoms with Crippen molar-refractivity contribution in [3.8, 4) is 0 Å². The Morgan fingerprint density at radius 3 is 2.23 bits per heavy atom. The fourth-order valence-electron chi connectivity index (χ4n) is 2.38. The Bertz CT molecular complexity index is 909. The van der Waals surface area contributed by atoms with Gasteiger partial charge >= 0.3 is 11.8 Å². The van der Waals surface area contributed by atoms with Gasteiger partial charge in [0.25, 0.3) is 0 Å². The van der Waals surface area contributed by atoms with E-state index in [1.807, 2.05) is 88.9 Å². The number of aliphatic hydroxyl groups excluding tert-OH is 1. The van der Waals surface area contributed by atoms with Gasteiger partial charge in [0.1, 0.15) is 17.9 Å². The average molecular weight is 351 g/mol. The van der Waals surface area contributed by atoms with Crippen molar-refractivity contribution >= 4 is 23.1 Å². The fourth-order valence-corrected chi connectivity index (χ4v) is 2.38. The molecule has 0 saturated heterocycles. The maximum absolute atomic E-state index is 9.10. The molecule has 0 amide bonds. The molecule has 0 saturated carbocycles. The van der Waals surface area contributed by atoms with Crippen LogP contribution in [-0.2, 0) is 20.6 Å². The Hall–Kier alpha value is -3.26. The van der Waals surface area contributed by atoms with Crippen molar-refractivity contribution in [1.29, 1.82) is 0 Å². The number of aromatic nitrogens is 3. The standard InChI is InChI=1S/C18H21N7O/c1-23-11-12-24(2)18(23)22-20-16-8-6-15(7-9-16)19-21-17-5-3-4-10-25(17)13-14-26/h3-12,26H,13-14H2,1-2H3/q+2. The van der Waals surface area contributed by atoms with E-state index in [-0.39, 0.29) is 6.61 Å². The van der Waals surface area contributed by atoms with Gasteiger partial charge in [-0.3, -0.25) is 0 Å².